The molecule has 0 radical (unpaired) electrons. The topological polar surface area (TPSA) is 51.7 Å². The third-order valence-corrected chi connectivity index (χ3v) is 6.61. The third-order valence-electron chi connectivity index (χ3n) is 5.55. The number of rotatable bonds is 5. The molecule has 3 atom stereocenters. The Morgan fingerprint density at radius 1 is 1.23 bits per heavy atom. The van der Waals surface area contributed by atoms with Crippen molar-refractivity contribution in [2.24, 2.45) is 5.92 Å². The zero-order valence-electron chi connectivity index (χ0n) is 15.4. The third kappa shape index (κ3) is 3.07. The van der Waals surface area contributed by atoms with Gasteiger partial charge in [0.25, 0.3) is 5.91 Å². The molecule has 0 N–H and O–H groups in total. The maximum atomic E-state index is 13.2. The second-order valence-electron chi connectivity index (χ2n) is 7.14. The number of likely N-dealkylation sites (tertiary alicyclic amines) is 1. The first-order chi connectivity index (χ1) is 12.6. The van der Waals surface area contributed by atoms with Crippen LogP contribution in [0.15, 0.2) is 24.3 Å². The summed E-state index contributed by atoms with van der Waals surface area (Å²) in [6, 6.07) is 8.10. The van der Waals surface area contributed by atoms with Crippen LogP contribution in [0.4, 0.5) is 0 Å². The van der Waals surface area contributed by atoms with Crippen molar-refractivity contribution in [1.82, 2.24) is 9.88 Å². The SMILES string of the molecule is COc1ccc(OC[C@@H]2C3CCC(C3)N2C(=O)c2sc(C)nc2C)cc1. The van der Waals surface area contributed by atoms with E-state index in [0.717, 1.165) is 39.9 Å². The monoisotopic (exact) mass is 372 g/mol. The lowest BCUT2D eigenvalue weighted by molar-refractivity contribution is 0.0509. The predicted octanol–water partition coefficient (Wildman–Crippen LogP) is 3.84. The number of hydrogen-bond acceptors (Lipinski definition) is 5. The van der Waals surface area contributed by atoms with Gasteiger partial charge in [0.2, 0.25) is 0 Å². The van der Waals surface area contributed by atoms with Gasteiger partial charge in [0.05, 0.1) is 23.9 Å². The van der Waals surface area contributed by atoms with Crippen LogP contribution in [0, 0.1) is 19.8 Å². The van der Waals surface area contributed by atoms with Gasteiger partial charge in [-0.05, 0) is 63.3 Å². The molecule has 2 aliphatic rings. The molecule has 2 heterocycles. The Balaban J connectivity index is 1.50. The second kappa shape index (κ2) is 6.91. The van der Waals surface area contributed by atoms with E-state index in [1.165, 1.54) is 17.8 Å². The number of ether oxygens (including phenoxy) is 2. The van der Waals surface area contributed by atoms with E-state index in [1.54, 1.807) is 7.11 Å². The van der Waals surface area contributed by atoms with E-state index in [-0.39, 0.29) is 11.9 Å². The molecule has 5 nitrogen and oxygen atoms in total. The molecule has 26 heavy (non-hydrogen) atoms. The summed E-state index contributed by atoms with van der Waals surface area (Å²) in [5.41, 5.74) is 0.843. The van der Waals surface area contributed by atoms with Crippen LogP contribution in [0.1, 0.15) is 39.6 Å². The smallest absolute Gasteiger partial charge is 0.266 e. The minimum absolute atomic E-state index is 0.128. The number of fused-ring (bicyclic) bond motifs is 2. The highest BCUT2D eigenvalue weighted by Crippen LogP contribution is 2.43. The summed E-state index contributed by atoms with van der Waals surface area (Å²) < 4.78 is 11.2. The number of carbonyl (C=O) groups is 1. The molecule has 138 valence electrons. The van der Waals surface area contributed by atoms with E-state index in [1.807, 2.05) is 38.1 Å². The first-order valence-corrected chi connectivity index (χ1v) is 9.92. The molecule has 1 saturated carbocycles. The van der Waals surface area contributed by atoms with Crippen molar-refractivity contribution >= 4 is 17.2 Å². The Hall–Kier alpha value is -2.08. The molecule has 2 bridgehead atoms. The van der Waals surface area contributed by atoms with Gasteiger partial charge >= 0.3 is 0 Å². The normalized spacial score (nSPS) is 24.1. The molecule has 0 spiro atoms. The molecule has 1 aliphatic heterocycles. The Labute approximate surface area is 157 Å². The van der Waals surface area contributed by atoms with Crippen molar-refractivity contribution in [3.05, 3.63) is 39.8 Å². The van der Waals surface area contributed by atoms with Crippen LogP contribution in [0.25, 0.3) is 0 Å². The van der Waals surface area contributed by atoms with Crippen LogP contribution in [0.5, 0.6) is 11.5 Å². The minimum Gasteiger partial charge on any atom is -0.497 e. The molecule has 2 fully saturated rings. The fraction of sp³-hybridized carbons (Fsp3) is 0.500. The Morgan fingerprint density at radius 2 is 1.96 bits per heavy atom. The van der Waals surface area contributed by atoms with Gasteiger partial charge in [-0.2, -0.15) is 0 Å². The number of hydrogen-bond donors (Lipinski definition) is 0. The number of aryl methyl sites for hydroxylation is 2. The number of carbonyl (C=O) groups excluding carboxylic acids is 1. The van der Waals surface area contributed by atoms with Crippen molar-refractivity contribution in [3.8, 4) is 11.5 Å². The Bertz CT molecular complexity index is 802. The van der Waals surface area contributed by atoms with Crippen LogP contribution in [0.2, 0.25) is 0 Å². The highest BCUT2D eigenvalue weighted by atomic mass is 32.1. The van der Waals surface area contributed by atoms with Crippen LogP contribution in [0.3, 0.4) is 0 Å². The van der Waals surface area contributed by atoms with Crippen molar-refractivity contribution in [2.45, 2.75) is 45.2 Å². The molecule has 6 heteroatoms. The standard InChI is InChI=1S/C20H24N2O3S/c1-12-19(26-13(2)21-12)20(23)22-15-5-4-14(10-15)18(22)11-25-17-8-6-16(24-3)7-9-17/h6-9,14-15,18H,4-5,10-11H2,1-3H3/t14?,15?,18-/m1/s1. The zero-order chi connectivity index (χ0) is 18.3. The van der Waals surface area contributed by atoms with Gasteiger partial charge in [-0.3, -0.25) is 4.79 Å². The molecule has 1 aromatic heterocycles. The van der Waals surface area contributed by atoms with Gasteiger partial charge in [0.15, 0.2) is 0 Å². The van der Waals surface area contributed by atoms with Crippen molar-refractivity contribution < 1.29 is 14.3 Å². The number of amides is 1. The van der Waals surface area contributed by atoms with Gasteiger partial charge in [-0.25, -0.2) is 4.98 Å². The molecule has 4 rings (SSSR count). The molecule has 1 aromatic carbocycles. The molecular weight excluding hydrogens is 348 g/mol. The Morgan fingerprint density at radius 3 is 2.62 bits per heavy atom. The van der Waals surface area contributed by atoms with E-state index in [4.69, 9.17) is 9.47 Å². The van der Waals surface area contributed by atoms with Crippen LogP contribution >= 0.6 is 11.3 Å². The first-order valence-electron chi connectivity index (χ1n) is 9.10. The number of nitrogens with zero attached hydrogens (tertiary/aromatic N) is 2. The number of benzene rings is 1. The fourth-order valence-corrected chi connectivity index (χ4v) is 5.19. The van der Waals surface area contributed by atoms with Gasteiger partial charge in [0, 0.05) is 6.04 Å². The Kier molecular flexibility index (Phi) is 4.61. The number of aromatic nitrogens is 1. The summed E-state index contributed by atoms with van der Waals surface area (Å²) >= 11 is 1.50. The van der Waals surface area contributed by atoms with E-state index in [0.29, 0.717) is 18.6 Å². The van der Waals surface area contributed by atoms with E-state index >= 15 is 0 Å². The maximum Gasteiger partial charge on any atom is 0.266 e. The zero-order valence-corrected chi connectivity index (χ0v) is 16.2. The van der Waals surface area contributed by atoms with Crippen LogP contribution in [-0.4, -0.2) is 41.6 Å². The number of piperidine rings is 1. The summed E-state index contributed by atoms with van der Waals surface area (Å²) in [6.07, 6.45) is 3.39. The van der Waals surface area contributed by atoms with Crippen LogP contribution < -0.4 is 9.47 Å². The lowest BCUT2D eigenvalue weighted by Crippen LogP contribution is -2.47. The quantitative estimate of drug-likeness (QED) is 0.800. The minimum atomic E-state index is 0.128. The molecule has 1 amide bonds. The molecule has 2 unspecified atom stereocenters. The first kappa shape index (κ1) is 17.3. The molecule has 2 aromatic rings. The van der Waals surface area contributed by atoms with Crippen molar-refractivity contribution in [2.75, 3.05) is 13.7 Å². The van der Waals surface area contributed by atoms with Gasteiger partial charge < -0.3 is 14.4 Å². The average molecular weight is 372 g/mol. The van der Waals surface area contributed by atoms with Crippen molar-refractivity contribution in [3.63, 3.8) is 0 Å². The average Bonchev–Trinajstić information content (AvgIpc) is 3.34. The van der Waals surface area contributed by atoms with Gasteiger partial charge in [0.1, 0.15) is 23.0 Å². The molecule has 1 aliphatic carbocycles. The molecule has 1 saturated heterocycles. The largest absolute Gasteiger partial charge is 0.497 e. The fourth-order valence-electron chi connectivity index (χ4n) is 4.33. The number of thiazole rings is 1. The number of methoxy groups -OCH3 is 1. The maximum absolute atomic E-state index is 13.2. The summed E-state index contributed by atoms with van der Waals surface area (Å²) in [4.78, 5) is 20.5. The summed E-state index contributed by atoms with van der Waals surface area (Å²) in [7, 11) is 1.65. The highest BCUT2D eigenvalue weighted by Gasteiger charge is 2.49. The lowest BCUT2D eigenvalue weighted by Gasteiger charge is -2.35. The van der Waals surface area contributed by atoms with Gasteiger partial charge in [-0.15, -0.1) is 11.3 Å². The lowest BCUT2D eigenvalue weighted by atomic mass is 9.99. The summed E-state index contributed by atoms with van der Waals surface area (Å²) in [5.74, 6) is 2.29. The van der Waals surface area contributed by atoms with Gasteiger partial charge in [-0.1, -0.05) is 0 Å². The predicted molar refractivity (Wildman–Crippen MR) is 101 cm³/mol. The van der Waals surface area contributed by atoms with E-state index < -0.39 is 0 Å². The van der Waals surface area contributed by atoms with Crippen LogP contribution in [-0.2, 0) is 0 Å². The van der Waals surface area contributed by atoms with E-state index in [2.05, 4.69) is 9.88 Å². The second-order valence-corrected chi connectivity index (χ2v) is 8.34. The summed E-state index contributed by atoms with van der Waals surface area (Å²) in [6.45, 7) is 4.42. The van der Waals surface area contributed by atoms with Crippen molar-refractivity contribution in [1.29, 1.82) is 0 Å². The molecular formula is C20H24N2O3S. The summed E-state index contributed by atoms with van der Waals surface area (Å²) in [5, 5.41) is 0.946. The van der Waals surface area contributed by atoms with E-state index in [9.17, 15) is 4.79 Å². The highest BCUT2D eigenvalue weighted by molar-refractivity contribution is 7.13.